The van der Waals surface area contributed by atoms with Crippen LogP contribution in [0.2, 0.25) is 0 Å². The molecule has 0 aromatic rings. The fourth-order valence-electron chi connectivity index (χ4n) is 13.0. The second-order valence-electron chi connectivity index (χ2n) is 27.1. The third-order valence-electron chi connectivity index (χ3n) is 19.1. The second kappa shape index (κ2) is 54.5. The fourth-order valence-corrected chi connectivity index (χ4v) is 13.0. The van der Waals surface area contributed by atoms with E-state index in [-0.39, 0.29) is 18.9 Å². The van der Waals surface area contributed by atoms with E-state index in [4.69, 9.17) is 28.4 Å². The lowest BCUT2D eigenvalue weighted by Gasteiger charge is -2.48. The largest absolute Gasteiger partial charge is 0.394 e. The van der Waals surface area contributed by atoms with Gasteiger partial charge in [0.1, 0.15) is 73.2 Å². The van der Waals surface area contributed by atoms with Crippen molar-refractivity contribution in [3.05, 3.63) is 12.2 Å². The van der Waals surface area contributed by atoms with Crippen LogP contribution in [0.3, 0.4) is 0 Å². The van der Waals surface area contributed by atoms with Crippen molar-refractivity contribution in [2.75, 3.05) is 26.4 Å². The van der Waals surface area contributed by atoms with E-state index in [1.807, 2.05) is 6.08 Å². The summed E-state index contributed by atoms with van der Waals surface area (Å²) in [6.45, 7) is 1.78. The first-order valence-electron chi connectivity index (χ1n) is 37.4. The van der Waals surface area contributed by atoms with Gasteiger partial charge in [0.25, 0.3) is 0 Å². The first-order valence-corrected chi connectivity index (χ1v) is 37.4. The van der Waals surface area contributed by atoms with Crippen LogP contribution >= 0.6 is 0 Å². The van der Waals surface area contributed by atoms with Gasteiger partial charge in [0.15, 0.2) is 18.9 Å². The first kappa shape index (κ1) is 83.8. The number of rotatable bonds is 59. The fraction of sp³-hybridized carbons (Fsp3) is 0.958. The van der Waals surface area contributed by atoms with Crippen LogP contribution in [0, 0.1) is 0 Å². The lowest BCUT2D eigenvalue weighted by atomic mass is 9.96. The summed E-state index contributed by atoms with van der Waals surface area (Å²) in [6, 6.07) is -0.969. The Balaban J connectivity index is 1.39. The summed E-state index contributed by atoms with van der Waals surface area (Å²) in [5.41, 5.74) is 0. The van der Waals surface area contributed by atoms with Gasteiger partial charge in [-0.2, -0.15) is 0 Å². The highest BCUT2D eigenvalue weighted by molar-refractivity contribution is 5.76. The number of allylic oxidation sites excluding steroid dienone is 1. The molecule has 3 aliphatic rings. The maximum atomic E-state index is 13.4. The zero-order valence-electron chi connectivity index (χ0n) is 57.1. The monoisotopic (exact) mass is 1300 g/mol. The Bertz CT molecular complexity index is 1700. The Morgan fingerprint density at radius 2 is 0.681 bits per heavy atom. The number of carbonyl (C=O) groups is 1. The van der Waals surface area contributed by atoms with E-state index in [0.29, 0.717) is 6.42 Å². The number of ether oxygens (including phenoxy) is 6. The quantitative estimate of drug-likeness (QED) is 0.0199. The van der Waals surface area contributed by atoms with E-state index in [9.17, 15) is 61.0 Å². The average molecular weight is 1300 g/mol. The maximum absolute atomic E-state index is 13.4. The summed E-state index contributed by atoms with van der Waals surface area (Å²) in [5, 5.41) is 121. The highest BCUT2D eigenvalue weighted by Crippen LogP contribution is 2.33. The van der Waals surface area contributed by atoms with Crippen molar-refractivity contribution in [1.82, 2.24) is 5.32 Å². The molecule has 19 heteroatoms. The molecule has 3 saturated heterocycles. The molecule has 19 nitrogen and oxygen atoms in total. The smallest absolute Gasteiger partial charge is 0.220 e. The molecule has 3 rings (SSSR count). The molecule has 12 N–H and O–H groups in total. The van der Waals surface area contributed by atoms with Crippen molar-refractivity contribution >= 4 is 5.91 Å². The van der Waals surface area contributed by atoms with Gasteiger partial charge < -0.3 is 89.9 Å². The molecule has 538 valence electrons. The van der Waals surface area contributed by atoms with Crippen molar-refractivity contribution in [3.63, 3.8) is 0 Å². The van der Waals surface area contributed by atoms with Crippen LogP contribution in [0.1, 0.15) is 309 Å². The second-order valence-corrected chi connectivity index (χ2v) is 27.1. The molecule has 0 radical (unpaired) electrons. The molecule has 0 bridgehead atoms. The highest BCUT2D eigenvalue weighted by atomic mass is 16.8. The molecular weight excluding hydrogens is 1170 g/mol. The van der Waals surface area contributed by atoms with E-state index < -0.39 is 124 Å². The lowest BCUT2D eigenvalue weighted by molar-refractivity contribution is -0.379. The Morgan fingerprint density at radius 1 is 0.385 bits per heavy atom. The Kier molecular flexibility index (Phi) is 50.2. The number of nitrogens with one attached hydrogen (secondary N) is 1. The van der Waals surface area contributed by atoms with Crippen molar-refractivity contribution in [2.24, 2.45) is 0 Å². The van der Waals surface area contributed by atoms with Crippen molar-refractivity contribution in [2.45, 2.75) is 413 Å². The molecule has 17 unspecified atom stereocenters. The van der Waals surface area contributed by atoms with Gasteiger partial charge in [-0.3, -0.25) is 4.79 Å². The van der Waals surface area contributed by atoms with Crippen LogP contribution in [-0.2, 0) is 33.2 Å². The maximum Gasteiger partial charge on any atom is 0.220 e. The van der Waals surface area contributed by atoms with Crippen LogP contribution in [0.5, 0.6) is 0 Å². The van der Waals surface area contributed by atoms with Gasteiger partial charge in [-0.05, 0) is 19.3 Å². The number of hydrogen-bond donors (Lipinski definition) is 12. The van der Waals surface area contributed by atoms with E-state index in [1.165, 1.54) is 238 Å². The number of aliphatic hydroxyl groups excluding tert-OH is 11. The van der Waals surface area contributed by atoms with Gasteiger partial charge >= 0.3 is 0 Å². The van der Waals surface area contributed by atoms with Gasteiger partial charge in [-0.1, -0.05) is 296 Å². The molecule has 17 atom stereocenters. The minimum atomic E-state index is -1.98. The third kappa shape index (κ3) is 36.1. The summed E-state index contributed by atoms with van der Waals surface area (Å²) < 4.78 is 34.4. The number of aliphatic hydroxyl groups is 11. The molecule has 3 heterocycles. The number of carbonyl (C=O) groups excluding carboxylic acids is 1. The van der Waals surface area contributed by atoms with Gasteiger partial charge in [-0.25, -0.2) is 0 Å². The average Bonchev–Trinajstić information content (AvgIpc) is 0.887. The minimum absolute atomic E-state index is 0.250. The van der Waals surface area contributed by atoms with Crippen LogP contribution in [-0.4, -0.2) is 193 Å². The molecule has 3 fully saturated rings. The molecule has 0 aromatic heterocycles. The van der Waals surface area contributed by atoms with Gasteiger partial charge in [0.05, 0.1) is 38.6 Å². The predicted octanol–water partition coefficient (Wildman–Crippen LogP) is 10.8. The summed E-state index contributed by atoms with van der Waals surface area (Å²) in [6.07, 6.45) is 34.8. The van der Waals surface area contributed by atoms with E-state index >= 15 is 0 Å². The molecular formula is C72H137NO18. The van der Waals surface area contributed by atoms with E-state index in [0.717, 1.165) is 44.9 Å². The minimum Gasteiger partial charge on any atom is -0.394 e. The molecule has 0 aromatic carbocycles. The molecule has 1 amide bonds. The van der Waals surface area contributed by atoms with Crippen LogP contribution in [0.15, 0.2) is 12.2 Å². The summed E-state index contributed by atoms with van der Waals surface area (Å²) in [4.78, 5) is 13.4. The van der Waals surface area contributed by atoms with Crippen LogP contribution < -0.4 is 5.32 Å². The number of hydrogen-bond acceptors (Lipinski definition) is 18. The topological polar surface area (TPSA) is 307 Å². The molecule has 3 aliphatic heterocycles. The first-order chi connectivity index (χ1) is 44.3. The van der Waals surface area contributed by atoms with Gasteiger partial charge in [-0.15, -0.1) is 0 Å². The summed E-state index contributed by atoms with van der Waals surface area (Å²) >= 11 is 0. The molecule has 91 heavy (non-hydrogen) atoms. The predicted molar refractivity (Wildman–Crippen MR) is 356 cm³/mol. The normalized spacial score (nSPS) is 27.9. The Labute approximate surface area is 550 Å². The Morgan fingerprint density at radius 3 is 1.03 bits per heavy atom. The summed E-state index contributed by atoms with van der Waals surface area (Å²) in [7, 11) is 0. The van der Waals surface area contributed by atoms with Crippen molar-refractivity contribution in [1.29, 1.82) is 0 Å². The van der Waals surface area contributed by atoms with Gasteiger partial charge in [0.2, 0.25) is 5.91 Å². The van der Waals surface area contributed by atoms with Crippen LogP contribution in [0.4, 0.5) is 0 Å². The SMILES string of the molecule is CCCCCCCCCCCCCCCCCC/C=C/C(O)C(COC1OC(CO)C(OC2OC(CO)C(OC3OC(CO)C(O)C(O)C3O)C(O)C2O)C(O)C1O)NC(=O)CCCCCCCCCCCCCCCCCCCCCCCCCCCCCC. The molecule has 0 spiro atoms. The highest BCUT2D eigenvalue weighted by Gasteiger charge is 2.53. The van der Waals surface area contributed by atoms with Crippen molar-refractivity contribution < 1.29 is 89.4 Å². The molecule has 0 saturated carbocycles. The number of amides is 1. The lowest BCUT2D eigenvalue weighted by Crippen LogP contribution is -2.66. The zero-order chi connectivity index (χ0) is 66.1. The van der Waals surface area contributed by atoms with Crippen LogP contribution in [0.25, 0.3) is 0 Å². The van der Waals surface area contributed by atoms with Crippen molar-refractivity contribution in [3.8, 4) is 0 Å². The van der Waals surface area contributed by atoms with Gasteiger partial charge in [0, 0.05) is 6.42 Å². The Hall–Kier alpha value is -1.47. The van der Waals surface area contributed by atoms with E-state index in [1.54, 1.807) is 6.08 Å². The van der Waals surface area contributed by atoms with E-state index in [2.05, 4.69) is 19.2 Å². The summed E-state index contributed by atoms with van der Waals surface area (Å²) in [5.74, 6) is -0.268. The standard InChI is InChI=1S/C72H137NO18/c1-3-5-7-9-11-13-15-17-19-21-23-24-25-26-27-28-29-30-31-32-34-36-38-40-42-44-46-48-50-60(78)73-55(56(77)49-47-45-43-41-39-37-35-33-22-20-18-16-14-12-10-8-6-4-2)54-86-70-66(84)63(81)68(58(52-75)88-70)91-72-67(85)64(82)69(59(53-76)89-72)90-71-65(83)62(80)61(79)57(51-74)87-71/h47,49,55-59,61-72,74-77,79-85H,3-46,48,50-54H2,1-2H3,(H,73,78)/b49-47+. The zero-order valence-corrected chi connectivity index (χ0v) is 57.1. The third-order valence-corrected chi connectivity index (χ3v) is 19.1. The number of unbranched alkanes of at least 4 members (excludes halogenated alkanes) is 43. The molecule has 0 aliphatic carbocycles.